The second kappa shape index (κ2) is 6.67. The molecule has 1 fully saturated rings. The largest absolute Gasteiger partial charge is 0.383 e. The minimum Gasteiger partial charge on any atom is -0.383 e. The molecule has 3 rings (SSSR count). The van der Waals surface area contributed by atoms with Gasteiger partial charge >= 0.3 is 0 Å². The van der Waals surface area contributed by atoms with Crippen molar-refractivity contribution in [3.05, 3.63) is 36.5 Å². The summed E-state index contributed by atoms with van der Waals surface area (Å²) in [5.74, 6) is 2.55. The van der Waals surface area contributed by atoms with E-state index >= 15 is 0 Å². The van der Waals surface area contributed by atoms with Gasteiger partial charge in [-0.1, -0.05) is 0 Å². The van der Waals surface area contributed by atoms with Crippen molar-refractivity contribution in [3.8, 4) is 0 Å². The van der Waals surface area contributed by atoms with Gasteiger partial charge in [0.25, 0.3) is 0 Å². The summed E-state index contributed by atoms with van der Waals surface area (Å²) in [7, 11) is 1.73. The van der Waals surface area contributed by atoms with E-state index in [0.29, 0.717) is 12.5 Å². The van der Waals surface area contributed by atoms with E-state index in [-0.39, 0.29) is 0 Å². The lowest BCUT2D eigenvalue weighted by atomic mass is 9.97. The summed E-state index contributed by atoms with van der Waals surface area (Å²) in [5, 5.41) is 8.20. The van der Waals surface area contributed by atoms with E-state index in [1.165, 1.54) is 6.42 Å². The molecule has 0 saturated carbocycles. The fraction of sp³-hybridized carbons (Fsp3) is 0.533. The van der Waals surface area contributed by atoms with Crippen molar-refractivity contribution >= 4 is 5.82 Å². The highest BCUT2D eigenvalue weighted by atomic mass is 16.5. The number of nitrogens with zero attached hydrogens (tertiary/aromatic N) is 5. The summed E-state index contributed by atoms with van der Waals surface area (Å²) in [6.45, 7) is 3.55. The minimum atomic E-state index is 0.438. The van der Waals surface area contributed by atoms with Crippen LogP contribution in [0.2, 0.25) is 0 Å². The third-order valence-electron chi connectivity index (χ3n) is 3.95. The first kappa shape index (κ1) is 14.0. The summed E-state index contributed by atoms with van der Waals surface area (Å²) in [6, 6.07) is 3.96. The van der Waals surface area contributed by atoms with Crippen LogP contribution in [0.4, 0.5) is 5.82 Å². The van der Waals surface area contributed by atoms with E-state index < -0.39 is 0 Å². The van der Waals surface area contributed by atoms with Crippen LogP contribution in [0.5, 0.6) is 0 Å². The molecule has 6 heteroatoms. The number of imidazole rings is 1. The van der Waals surface area contributed by atoms with E-state index in [9.17, 15) is 0 Å². The molecule has 0 aliphatic carbocycles. The van der Waals surface area contributed by atoms with Crippen LogP contribution in [0.1, 0.15) is 24.6 Å². The summed E-state index contributed by atoms with van der Waals surface area (Å²) >= 11 is 0. The van der Waals surface area contributed by atoms with Crippen molar-refractivity contribution in [3.63, 3.8) is 0 Å². The van der Waals surface area contributed by atoms with Gasteiger partial charge in [0.2, 0.25) is 0 Å². The fourth-order valence-corrected chi connectivity index (χ4v) is 2.92. The fourth-order valence-electron chi connectivity index (χ4n) is 2.92. The van der Waals surface area contributed by atoms with E-state index in [4.69, 9.17) is 4.74 Å². The Kier molecular flexibility index (Phi) is 4.45. The quantitative estimate of drug-likeness (QED) is 0.838. The van der Waals surface area contributed by atoms with Gasteiger partial charge < -0.3 is 14.2 Å². The molecule has 1 atom stereocenters. The van der Waals surface area contributed by atoms with Gasteiger partial charge in [0.15, 0.2) is 5.82 Å². The summed E-state index contributed by atoms with van der Waals surface area (Å²) in [6.07, 6.45) is 7.95. The van der Waals surface area contributed by atoms with Crippen LogP contribution in [-0.2, 0) is 11.3 Å². The topological polar surface area (TPSA) is 56.1 Å². The number of anilines is 1. The average Bonchev–Trinajstić information content (AvgIpc) is 3.02. The Hall–Kier alpha value is -1.95. The zero-order chi connectivity index (χ0) is 14.5. The summed E-state index contributed by atoms with van der Waals surface area (Å²) in [4.78, 5) is 6.87. The lowest BCUT2D eigenvalue weighted by Gasteiger charge is -2.33. The van der Waals surface area contributed by atoms with Gasteiger partial charge in [-0.05, 0) is 25.0 Å². The van der Waals surface area contributed by atoms with Crippen molar-refractivity contribution in [1.29, 1.82) is 0 Å². The molecule has 1 unspecified atom stereocenters. The van der Waals surface area contributed by atoms with Gasteiger partial charge in [-0.2, -0.15) is 5.10 Å². The molecular weight excluding hydrogens is 266 g/mol. The summed E-state index contributed by atoms with van der Waals surface area (Å²) < 4.78 is 7.37. The predicted octanol–water partition coefficient (Wildman–Crippen LogP) is 1.70. The van der Waals surface area contributed by atoms with Gasteiger partial charge in [-0.15, -0.1) is 5.10 Å². The van der Waals surface area contributed by atoms with Crippen LogP contribution in [0.15, 0.2) is 30.7 Å². The highest BCUT2D eigenvalue weighted by molar-refractivity contribution is 5.37. The molecule has 21 heavy (non-hydrogen) atoms. The minimum absolute atomic E-state index is 0.438. The van der Waals surface area contributed by atoms with Crippen molar-refractivity contribution in [1.82, 2.24) is 19.7 Å². The molecule has 0 N–H and O–H groups in total. The third kappa shape index (κ3) is 3.21. The van der Waals surface area contributed by atoms with Crippen LogP contribution in [0.25, 0.3) is 0 Å². The monoisotopic (exact) mass is 287 g/mol. The number of aromatic nitrogens is 4. The van der Waals surface area contributed by atoms with Gasteiger partial charge in [0.05, 0.1) is 6.61 Å². The van der Waals surface area contributed by atoms with Crippen molar-refractivity contribution in [2.75, 3.05) is 31.7 Å². The van der Waals surface area contributed by atoms with Crippen molar-refractivity contribution in [2.45, 2.75) is 25.3 Å². The Morgan fingerprint density at radius 3 is 3.14 bits per heavy atom. The van der Waals surface area contributed by atoms with Crippen LogP contribution in [-0.4, -0.2) is 46.6 Å². The Morgan fingerprint density at radius 1 is 1.38 bits per heavy atom. The molecule has 0 aromatic carbocycles. The van der Waals surface area contributed by atoms with Gasteiger partial charge in [0.1, 0.15) is 5.82 Å². The van der Waals surface area contributed by atoms with E-state index in [1.807, 2.05) is 24.5 Å². The SMILES string of the molecule is COCCn1ccnc1C1CCCN(c2cccnn2)C1. The molecule has 0 spiro atoms. The molecule has 112 valence electrons. The van der Waals surface area contributed by atoms with Crippen LogP contribution in [0, 0.1) is 0 Å². The lowest BCUT2D eigenvalue weighted by molar-refractivity contribution is 0.185. The molecule has 0 bridgehead atoms. The predicted molar refractivity (Wildman–Crippen MR) is 80.3 cm³/mol. The molecule has 2 aromatic heterocycles. The Bertz CT molecular complexity index is 556. The Labute approximate surface area is 124 Å². The van der Waals surface area contributed by atoms with E-state index in [0.717, 1.165) is 37.7 Å². The average molecular weight is 287 g/mol. The second-order valence-corrected chi connectivity index (χ2v) is 5.34. The summed E-state index contributed by atoms with van der Waals surface area (Å²) in [5.41, 5.74) is 0. The normalized spacial score (nSPS) is 18.9. The Morgan fingerprint density at radius 2 is 2.33 bits per heavy atom. The van der Waals surface area contributed by atoms with E-state index in [2.05, 4.69) is 24.6 Å². The van der Waals surface area contributed by atoms with Crippen LogP contribution in [0.3, 0.4) is 0 Å². The number of hydrogen-bond donors (Lipinski definition) is 0. The zero-order valence-electron chi connectivity index (χ0n) is 12.4. The maximum absolute atomic E-state index is 5.17. The molecule has 6 nitrogen and oxygen atoms in total. The second-order valence-electron chi connectivity index (χ2n) is 5.34. The number of rotatable bonds is 5. The molecule has 2 aromatic rings. The smallest absolute Gasteiger partial charge is 0.151 e. The molecular formula is C15H21N5O. The third-order valence-corrected chi connectivity index (χ3v) is 3.95. The highest BCUT2D eigenvalue weighted by Crippen LogP contribution is 2.28. The maximum atomic E-state index is 5.17. The number of hydrogen-bond acceptors (Lipinski definition) is 5. The first-order chi connectivity index (χ1) is 10.4. The van der Waals surface area contributed by atoms with Crippen molar-refractivity contribution in [2.24, 2.45) is 0 Å². The molecule has 3 heterocycles. The first-order valence-corrected chi connectivity index (χ1v) is 7.41. The molecule has 0 amide bonds. The van der Waals surface area contributed by atoms with Crippen LogP contribution < -0.4 is 4.90 Å². The zero-order valence-corrected chi connectivity index (χ0v) is 12.4. The molecule has 1 saturated heterocycles. The highest BCUT2D eigenvalue weighted by Gasteiger charge is 2.25. The lowest BCUT2D eigenvalue weighted by Crippen LogP contribution is -2.36. The molecule has 1 aliphatic heterocycles. The number of piperidine rings is 1. The van der Waals surface area contributed by atoms with E-state index in [1.54, 1.807) is 13.3 Å². The van der Waals surface area contributed by atoms with Crippen LogP contribution >= 0.6 is 0 Å². The van der Waals surface area contributed by atoms with Gasteiger partial charge in [0, 0.05) is 51.3 Å². The number of ether oxygens (including phenoxy) is 1. The molecule has 0 radical (unpaired) electrons. The maximum Gasteiger partial charge on any atom is 0.151 e. The number of methoxy groups -OCH3 is 1. The molecule has 1 aliphatic rings. The van der Waals surface area contributed by atoms with Crippen molar-refractivity contribution < 1.29 is 4.74 Å². The van der Waals surface area contributed by atoms with Gasteiger partial charge in [-0.3, -0.25) is 0 Å². The first-order valence-electron chi connectivity index (χ1n) is 7.41. The Balaban J connectivity index is 1.73. The standard InChI is InChI=1S/C15H21N5O/c1-21-11-10-19-9-7-16-15(19)13-4-3-8-20(12-13)14-5-2-6-17-18-14/h2,5-7,9,13H,3-4,8,10-12H2,1H3. The van der Waals surface area contributed by atoms with Gasteiger partial charge in [-0.25, -0.2) is 4.98 Å².